The van der Waals surface area contributed by atoms with E-state index in [9.17, 15) is 14.4 Å². The van der Waals surface area contributed by atoms with E-state index in [0.29, 0.717) is 17.4 Å². The Hall–Kier alpha value is -2.43. The summed E-state index contributed by atoms with van der Waals surface area (Å²) in [5.74, 6) is -0.921. The van der Waals surface area contributed by atoms with Crippen molar-refractivity contribution in [2.24, 2.45) is 0 Å². The summed E-state index contributed by atoms with van der Waals surface area (Å²) in [6.45, 7) is -0.193. The quantitative estimate of drug-likeness (QED) is 0.474. The molecule has 1 rings (SSSR count). The van der Waals surface area contributed by atoms with E-state index >= 15 is 0 Å². The lowest BCUT2D eigenvalue weighted by atomic mass is 10.1. The minimum Gasteiger partial charge on any atom is -0.468 e. The fourth-order valence-electron chi connectivity index (χ4n) is 1.31. The van der Waals surface area contributed by atoms with Crippen LogP contribution in [0.25, 0.3) is 6.08 Å². The lowest BCUT2D eigenvalue weighted by Crippen LogP contribution is -2.30. The first-order valence-corrected chi connectivity index (χ1v) is 5.25. The van der Waals surface area contributed by atoms with E-state index in [2.05, 4.69) is 10.1 Å². The Bertz CT molecular complexity index is 480. The third-order valence-electron chi connectivity index (χ3n) is 2.18. The van der Waals surface area contributed by atoms with Gasteiger partial charge in [0.15, 0.2) is 0 Å². The normalized spacial score (nSPS) is 10.1. The van der Waals surface area contributed by atoms with Gasteiger partial charge in [-0.2, -0.15) is 0 Å². The predicted octanol–water partition coefficient (Wildman–Crippen LogP) is 0.801. The molecule has 0 aliphatic rings. The maximum atomic E-state index is 11.8. The van der Waals surface area contributed by atoms with Crippen LogP contribution < -0.4 is 5.32 Å². The second-order valence-corrected chi connectivity index (χ2v) is 3.34. The molecule has 0 unspecified atom stereocenters. The summed E-state index contributed by atoms with van der Waals surface area (Å²) in [5, 5.41) is 2.43. The number of hydrogen-bond acceptors (Lipinski definition) is 4. The van der Waals surface area contributed by atoms with Crippen molar-refractivity contribution < 1.29 is 19.1 Å². The number of aldehydes is 1. The molecule has 0 aliphatic heterocycles. The first-order chi connectivity index (χ1) is 8.69. The van der Waals surface area contributed by atoms with E-state index in [1.54, 1.807) is 24.3 Å². The number of hydrogen-bond donors (Lipinski definition) is 1. The van der Waals surface area contributed by atoms with Crippen LogP contribution in [0.4, 0.5) is 0 Å². The smallest absolute Gasteiger partial charge is 0.325 e. The third kappa shape index (κ3) is 3.86. The standard InChI is InChI=1S/C13H13NO4/c1-18-12(16)9-14-13(17)11-7-3-2-5-10(11)6-4-8-15/h2-8H,9H2,1H3,(H,14,17)/b6-4+. The topological polar surface area (TPSA) is 72.5 Å². The van der Waals surface area contributed by atoms with Crippen molar-refractivity contribution in [1.29, 1.82) is 0 Å². The van der Waals surface area contributed by atoms with Gasteiger partial charge in [-0.3, -0.25) is 14.4 Å². The second-order valence-electron chi connectivity index (χ2n) is 3.34. The van der Waals surface area contributed by atoms with Crippen molar-refractivity contribution >= 4 is 24.2 Å². The molecule has 0 bridgehead atoms. The van der Waals surface area contributed by atoms with E-state index in [1.165, 1.54) is 19.3 Å². The molecule has 0 heterocycles. The van der Waals surface area contributed by atoms with Crippen LogP contribution in [0.2, 0.25) is 0 Å². The average Bonchev–Trinajstić information content (AvgIpc) is 2.42. The zero-order valence-electron chi connectivity index (χ0n) is 9.88. The summed E-state index contributed by atoms with van der Waals surface area (Å²) in [6.07, 6.45) is 3.45. The zero-order chi connectivity index (χ0) is 13.4. The lowest BCUT2D eigenvalue weighted by Gasteiger charge is -2.06. The molecule has 1 amide bonds. The fraction of sp³-hybridized carbons (Fsp3) is 0.154. The molecule has 0 fully saturated rings. The number of benzene rings is 1. The molecule has 1 aromatic rings. The van der Waals surface area contributed by atoms with Crippen molar-refractivity contribution in [1.82, 2.24) is 5.32 Å². The van der Waals surface area contributed by atoms with Crippen LogP contribution in [-0.4, -0.2) is 31.8 Å². The van der Waals surface area contributed by atoms with Crippen molar-refractivity contribution in [3.05, 3.63) is 41.5 Å². The number of ether oxygens (including phenoxy) is 1. The number of allylic oxidation sites excluding steroid dienone is 1. The average molecular weight is 247 g/mol. The summed E-state index contributed by atoms with van der Waals surface area (Å²) >= 11 is 0. The molecule has 1 aromatic carbocycles. The highest BCUT2D eigenvalue weighted by molar-refractivity contribution is 5.99. The van der Waals surface area contributed by atoms with Crippen molar-refractivity contribution in [3.63, 3.8) is 0 Å². The Morgan fingerprint density at radius 2 is 2.06 bits per heavy atom. The second kappa shape index (κ2) is 7.01. The summed E-state index contributed by atoms with van der Waals surface area (Å²) in [6, 6.07) is 6.76. The summed E-state index contributed by atoms with van der Waals surface area (Å²) < 4.78 is 4.42. The van der Waals surface area contributed by atoms with Crippen molar-refractivity contribution in [2.45, 2.75) is 0 Å². The van der Waals surface area contributed by atoms with Crippen LogP contribution in [-0.2, 0) is 14.3 Å². The van der Waals surface area contributed by atoms with Gasteiger partial charge in [-0.15, -0.1) is 0 Å². The molecule has 5 nitrogen and oxygen atoms in total. The molecule has 0 saturated carbocycles. The monoisotopic (exact) mass is 247 g/mol. The van der Waals surface area contributed by atoms with E-state index in [-0.39, 0.29) is 6.54 Å². The Labute approximate surface area is 104 Å². The van der Waals surface area contributed by atoms with E-state index < -0.39 is 11.9 Å². The van der Waals surface area contributed by atoms with Crippen LogP contribution in [0.5, 0.6) is 0 Å². The van der Waals surface area contributed by atoms with Gasteiger partial charge < -0.3 is 10.1 Å². The highest BCUT2D eigenvalue weighted by Gasteiger charge is 2.10. The molecule has 18 heavy (non-hydrogen) atoms. The van der Waals surface area contributed by atoms with Crippen LogP contribution in [0.3, 0.4) is 0 Å². The van der Waals surface area contributed by atoms with Gasteiger partial charge in [-0.1, -0.05) is 24.3 Å². The van der Waals surface area contributed by atoms with Crippen LogP contribution in [0, 0.1) is 0 Å². The first kappa shape index (κ1) is 13.6. The SMILES string of the molecule is COC(=O)CNC(=O)c1ccccc1/C=C/C=O. The molecule has 0 atom stereocenters. The summed E-state index contributed by atoms with van der Waals surface area (Å²) in [7, 11) is 1.25. The minimum absolute atomic E-state index is 0.193. The van der Waals surface area contributed by atoms with Gasteiger partial charge in [0, 0.05) is 5.56 Å². The molecule has 0 aromatic heterocycles. The number of carbonyl (C=O) groups excluding carboxylic acids is 3. The van der Waals surface area contributed by atoms with Crippen molar-refractivity contribution in [3.8, 4) is 0 Å². The molecule has 0 spiro atoms. The molecule has 1 N–H and O–H groups in total. The largest absolute Gasteiger partial charge is 0.468 e. The molecule has 0 saturated heterocycles. The van der Waals surface area contributed by atoms with Gasteiger partial charge >= 0.3 is 5.97 Å². The maximum absolute atomic E-state index is 11.8. The van der Waals surface area contributed by atoms with Gasteiger partial charge in [0.2, 0.25) is 0 Å². The number of esters is 1. The number of rotatable bonds is 5. The maximum Gasteiger partial charge on any atom is 0.325 e. The molecule has 94 valence electrons. The van der Waals surface area contributed by atoms with Gasteiger partial charge in [0.05, 0.1) is 7.11 Å². The molecular formula is C13H13NO4. The van der Waals surface area contributed by atoms with Crippen LogP contribution in [0.15, 0.2) is 30.3 Å². The molecular weight excluding hydrogens is 234 g/mol. The Morgan fingerprint density at radius 3 is 2.72 bits per heavy atom. The minimum atomic E-state index is -0.524. The predicted molar refractivity (Wildman–Crippen MR) is 65.9 cm³/mol. The van der Waals surface area contributed by atoms with Gasteiger partial charge in [0.25, 0.3) is 5.91 Å². The Morgan fingerprint density at radius 1 is 1.33 bits per heavy atom. The molecule has 0 aliphatic carbocycles. The number of methoxy groups -OCH3 is 1. The molecule has 5 heteroatoms. The third-order valence-corrected chi connectivity index (χ3v) is 2.18. The zero-order valence-corrected chi connectivity index (χ0v) is 9.88. The van der Waals surface area contributed by atoms with E-state index in [1.807, 2.05) is 0 Å². The lowest BCUT2D eigenvalue weighted by molar-refractivity contribution is -0.139. The Balaban J connectivity index is 2.81. The van der Waals surface area contributed by atoms with E-state index in [4.69, 9.17) is 0 Å². The van der Waals surface area contributed by atoms with Gasteiger partial charge in [-0.25, -0.2) is 0 Å². The Kier molecular flexibility index (Phi) is 5.31. The summed E-state index contributed by atoms with van der Waals surface area (Å²) in [4.78, 5) is 33.0. The number of carbonyl (C=O) groups is 3. The van der Waals surface area contributed by atoms with Crippen LogP contribution >= 0.6 is 0 Å². The van der Waals surface area contributed by atoms with Gasteiger partial charge in [-0.05, 0) is 17.7 Å². The fourth-order valence-corrected chi connectivity index (χ4v) is 1.31. The van der Waals surface area contributed by atoms with Crippen molar-refractivity contribution in [2.75, 3.05) is 13.7 Å². The highest BCUT2D eigenvalue weighted by Crippen LogP contribution is 2.10. The highest BCUT2D eigenvalue weighted by atomic mass is 16.5. The first-order valence-electron chi connectivity index (χ1n) is 5.25. The summed E-state index contributed by atoms with van der Waals surface area (Å²) in [5.41, 5.74) is 0.992. The number of nitrogens with one attached hydrogen (secondary N) is 1. The molecule has 0 radical (unpaired) electrons. The number of amides is 1. The van der Waals surface area contributed by atoms with Crippen LogP contribution in [0.1, 0.15) is 15.9 Å². The van der Waals surface area contributed by atoms with Gasteiger partial charge in [0.1, 0.15) is 12.8 Å². The van der Waals surface area contributed by atoms with E-state index in [0.717, 1.165) is 0 Å².